The van der Waals surface area contributed by atoms with Gasteiger partial charge in [0.25, 0.3) is 0 Å². The molecule has 2 nitrogen and oxygen atoms in total. The summed E-state index contributed by atoms with van der Waals surface area (Å²) in [6, 6.07) is 44.7. The fraction of sp³-hybridized carbons (Fsp3) is 0.0769. The van der Waals surface area contributed by atoms with Crippen molar-refractivity contribution >= 4 is 5.69 Å². The molecule has 0 spiro atoms. The van der Waals surface area contributed by atoms with Crippen LogP contribution in [0.2, 0.25) is 0 Å². The normalized spacial score (nSPS) is 12.8. The highest BCUT2D eigenvalue weighted by Gasteiger charge is 2.39. The monoisotopic (exact) mass is 524 g/mol. The Bertz CT molecular complexity index is 1920. The van der Waals surface area contributed by atoms with Crippen LogP contribution >= 0.6 is 0 Å². The van der Waals surface area contributed by atoms with Crippen LogP contribution in [0.25, 0.3) is 60.6 Å². The van der Waals surface area contributed by atoms with Gasteiger partial charge in [0.05, 0.1) is 12.3 Å². The summed E-state index contributed by atoms with van der Waals surface area (Å²) in [5.74, 6) is 0. The van der Waals surface area contributed by atoms with E-state index in [0.29, 0.717) is 5.69 Å². The SMILES string of the molecule is [C-]#[N+]c1ccc(-c2cccc3c2C(C)(C)c2c(-c4ccc(-c5ccc(-c6ccccc6)nc5)cc4)cccc2-3)cc1. The first-order valence-electron chi connectivity index (χ1n) is 13.9. The van der Waals surface area contributed by atoms with Crippen molar-refractivity contribution < 1.29 is 0 Å². The number of benzene rings is 5. The highest BCUT2D eigenvalue weighted by molar-refractivity contribution is 5.93. The Morgan fingerprint density at radius 1 is 0.488 bits per heavy atom. The molecule has 1 aromatic heterocycles. The van der Waals surface area contributed by atoms with Crippen molar-refractivity contribution in [1.82, 2.24) is 4.98 Å². The summed E-state index contributed by atoms with van der Waals surface area (Å²) in [5.41, 5.74) is 15.0. The van der Waals surface area contributed by atoms with E-state index in [4.69, 9.17) is 11.6 Å². The van der Waals surface area contributed by atoms with E-state index in [0.717, 1.165) is 27.9 Å². The smallest absolute Gasteiger partial charge is 0.187 e. The predicted octanol–water partition coefficient (Wildman–Crippen LogP) is 10.6. The molecule has 7 rings (SSSR count). The van der Waals surface area contributed by atoms with Crippen LogP contribution in [0.15, 0.2) is 134 Å². The first kappa shape index (κ1) is 24.8. The highest BCUT2D eigenvalue weighted by Crippen LogP contribution is 2.55. The molecule has 0 atom stereocenters. The van der Waals surface area contributed by atoms with Gasteiger partial charge in [0, 0.05) is 22.7 Å². The van der Waals surface area contributed by atoms with Crippen molar-refractivity contribution in [2.24, 2.45) is 0 Å². The number of rotatable bonds is 4. The van der Waals surface area contributed by atoms with Crippen LogP contribution in [0.1, 0.15) is 25.0 Å². The molecule has 0 aliphatic heterocycles. The van der Waals surface area contributed by atoms with E-state index in [-0.39, 0.29) is 5.41 Å². The van der Waals surface area contributed by atoms with Gasteiger partial charge in [0.15, 0.2) is 5.69 Å². The van der Waals surface area contributed by atoms with E-state index in [2.05, 4.69) is 116 Å². The van der Waals surface area contributed by atoms with Gasteiger partial charge in [-0.05, 0) is 56.1 Å². The Kier molecular flexibility index (Phi) is 5.88. The van der Waals surface area contributed by atoms with E-state index in [1.165, 1.54) is 38.9 Å². The maximum atomic E-state index is 7.32. The molecule has 0 fully saturated rings. The summed E-state index contributed by atoms with van der Waals surface area (Å²) in [7, 11) is 0. The highest BCUT2D eigenvalue weighted by atomic mass is 14.7. The lowest BCUT2D eigenvalue weighted by Crippen LogP contribution is -2.17. The van der Waals surface area contributed by atoms with E-state index >= 15 is 0 Å². The standard InChI is InChI=1S/C39H28N2/c1-39(2)37-32(27-17-15-26(16-18-27)30-21-24-36(41-25-30)29-9-5-4-6-10-29)11-7-13-34(37)35-14-8-12-33(38(35)39)28-19-22-31(40-3)23-20-28/h4-25H,1-2H3. The lowest BCUT2D eigenvalue weighted by Gasteiger charge is -2.27. The number of hydrogen-bond acceptors (Lipinski definition) is 1. The average Bonchev–Trinajstić information content (AvgIpc) is 3.28. The van der Waals surface area contributed by atoms with Crippen molar-refractivity contribution in [2.75, 3.05) is 0 Å². The van der Waals surface area contributed by atoms with Gasteiger partial charge in [-0.2, -0.15) is 0 Å². The van der Waals surface area contributed by atoms with E-state index in [9.17, 15) is 0 Å². The zero-order valence-electron chi connectivity index (χ0n) is 23.1. The zero-order chi connectivity index (χ0) is 28.0. The van der Waals surface area contributed by atoms with Gasteiger partial charge in [0.1, 0.15) is 0 Å². The molecule has 0 saturated carbocycles. The molecule has 1 aliphatic carbocycles. The summed E-state index contributed by atoms with van der Waals surface area (Å²) >= 11 is 0. The van der Waals surface area contributed by atoms with Crippen molar-refractivity contribution in [3.63, 3.8) is 0 Å². The third-order valence-corrected chi connectivity index (χ3v) is 8.34. The molecular formula is C39H28N2. The Labute approximate surface area is 241 Å². The van der Waals surface area contributed by atoms with Crippen molar-refractivity contribution in [3.05, 3.63) is 156 Å². The lowest BCUT2D eigenvalue weighted by molar-refractivity contribution is 0.664. The van der Waals surface area contributed by atoms with Gasteiger partial charge >= 0.3 is 0 Å². The van der Waals surface area contributed by atoms with Crippen LogP contribution < -0.4 is 0 Å². The summed E-state index contributed by atoms with van der Waals surface area (Å²) in [4.78, 5) is 8.30. The molecule has 0 N–H and O–H groups in total. The Morgan fingerprint density at radius 2 is 1.00 bits per heavy atom. The molecule has 6 aromatic rings. The molecule has 194 valence electrons. The average molecular weight is 525 g/mol. The number of fused-ring (bicyclic) bond motifs is 3. The summed E-state index contributed by atoms with van der Waals surface area (Å²) in [5, 5.41) is 0. The Balaban J connectivity index is 1.26. The third kappa shape index (κ3) is 4.15. The molecule has 0 unspecified atom stereocenters. The first-order chi connectivity index (χ1) is 20.0. The zero-order valence-corrected chi connectivity index (χ0v) is 23.1. The topological polar surface area (TPSA) is 17.2 Å². The molecule has 1 aliphatic rings. The quantitative estimate of drug-likeness (QED) is 0.210. The van der Waals surface area contributed by atoms with Crippen LogP contribution in [0, 0.1) is 6.57 Å². The molecule has 0 bridgehead atoms. The van der Waals surface area contributed by atoms with Gasteiger partial charge in [-0.3, -0.25) is 4.98 Å². The fourth-order valence-electron chi connectivity index (χ4n) is 6.41. The largest absolute Gasteiger partial charge is 0.256 e. The van der Waals surface area contributed by atoms with E-state index < -0.39 is 0 Å². The number of hydrogen-bond donors (Lipinski definition) is 0. The van der Waals surface area contributed by atoms with E-state index in [1.54, 1.807) is 0 Å². The van der Waals surface area contributed by atoms with Gasteiger partial charge < -0.3 is 0 Å². The second-order valence-electron chi connectivity index (χ2n) is 11.1. The number of pyridine rings is 1. The summed E-state index contributed by atoms with van der Waals surface area (Å²) in [6.45, 7) is 12.0. The molecule has 0 radical (unpaired) electrons. The second-order valence-corrected chi connectivity index (χ2v) is 11.1. The number of nitrogens with zero attached hydrogens (tertiary/aromatic N) is 2. The first-order valence-corrected chi connectivity index (χ1v) is 13.9. The Hall–Kier alpha value is -5.26. The summed E-state index contributed by atoms with van der Waals surface area (Å²) in [6.07, 6.45) is 1.96. The van der Waals surface area contributed by atoms with Gasteiger partial charge in [0.2, 0.25) is 0 Å². The minimum atomic E-state index is -0.188. The Morgan fingerprint density at radius 3 is 1.54 bits per heavy atom. The predicted molar refractivity (Wildman–Crippen MR) is 170 cm³/mol. The lowest BCUT2D eigenvalue weighted by atomic mass is 9.76. The van der Waals surface area contributed by atoms with Crippen LogP contribution in [-0.4, -0.2) is 4.98 Å². The summed E-state index contributed by atoms with van der Waals surface area (Å²) < 4.78 is 0. The van der Waals surface area contributed by atoms with Crippen LogP contribution in [-0.2, 0) is 5.41 Å². The van der Waals surface area contributed by atoms with Crippen molar-refractivity contribution in [3.8, 4) is 55.8 Å². The van der Waals surface area contributed by atoms with Crippen LogP contribution in [0.5, 0.6) is 0 Å². The minimum Gasteiger partial charge on any atom is -0.256 e. The maximum Gasteiger partial charge on any atom is 0.187 e. The van der Waals surface area contributed by atoms with Crippen molar-refractivity contribution in [2.45, 2.75) is 19.3 Å². The molecule has 1 heterocycles. The molecule has 0 saturated heterocycles. The van der Waals surface area contributed by atoms with Gasteiger partial charge in [-0.15, -0.1) is 0 Å². The van der Waals surface area contributed by atoms with Crippen LogP contribution in [0.3, 0.4) is 0 Å². The molecule has 2 heteroatoms. The second kappa shape index (κ2) is 9.73. The molecular weight excluding hydrogens is 496 g/mol. The van der Waals surface area contributed by atoms with Gasteiger partial charge in [-0.1, -0.05) is 135 Å². The molecule has 5 aromatic carbocycles. The fourth-order valence-corrected chi connectivity index (χ4v) is 6.41. The minimum absolute atomic E-state index is 0.188. The molecule has 0 amide bonds. The molecule has 41 heavy (non-hydrogen) atoms. The third-order valence-electron chi connectivity index (χ3n) is 8.34. The number of aromatic nitrogens is 1. The van der Waals surface area contributed by atoms with Gasteiger partial charge in [-0.25, -0.2) is 4.85 Å². The van der Waals surface area contributed by atoms with Crippen LogP contribution in [0.4, 0.5) is 5.69 Å². The van der Waals surface area contributed by atoms with Crippen molar-refractivity contribution in [1.29, 1.82) is 0 Å². The maximum absolute atomic E-state index is 7.32. The van der Waals surface area contributed by atoms with E-state index in [1.807, 2.05) is 36.5 Å².